The number of rotatable bonds is 7. The van der Waals surface area contributed by atoms with Crippen LogP contribution in [0.4, 0.5) is 20.2 Å². The number of alkyl halides is 2. The van der Waals surface area contributed by atoms with Crippen molar-refractivity contribution in [1.29, 1.82) is 0 Å². The Labute approximate surface area is 148 Å². The molecule has 0 radical (unpaired) electrons. The van der Waals surface area contributed by atoms with E-state index in [4.69, 9.17) is 16.3 Å². The van der Waals surface area contributed by atoms with Gasteiger partial charge in [-0.05, 0) is 36.8 Å². The first kappa shape index (κ1) is 18.8. The van der Waals surface area contributed by atoms with Crippen LogP contribution in [0.3, 0.4) is 0 Å². The number of hydrogen-bond acceptors (Lipinski definition) is 4. The van der Waals surface area contributed by atoms with Crippen LogP contribution in [0.15, 0.2) is 36.4 Å². The van der Waals surface area contributed by atoms with Gasteiger partial charge < -0.3 is 20.1 Å². The summed E-state index contributed by atoms with van der Waals surface area (Å²) in [6.45, 7) is -1.24. The van der Waals surface area contributed by atoms with Crippen molar-refractivity contribution in [3.8, 4) is 11.5 Å². The van der Waals surface area contributed by atoms with Gasteiger partial charge in [0.15, 0.2) is 11.5 Å². The number of halogens is 3. The lowest BCUT2D eigenvalue weighted by atomic mass is 10.2. The molecule has 0 unspecified atom stereocenters. The minimum Gasteiger partial charge on any atom is -0.493 e. The molecule has 0 aromatic heterocycles. The Hall–Kier alpha value is -2.54. The number of benzene rings is 2. The normalized spacial score (nSPS) is 10.5. The predicted molar refractivity (Wildman–Crippen MR) is 92.9 cm³/mol. The monoisotopic (exact) mass is 370 g/mol. The Kier molecular flexibility index (Phi) is 6.41. The summed E-state index contributed by atoms with van der Waals surface area (Å²) in [6.07, 6.45) is 0. The molecule has 8 heteroatoms. The maximum atomic E-state index is 12.4. The van der Waals surface area contributed by atoms with E-state index >= 15 is 0 Å². The lowest BCUT2D eigenvalue weighted by molar-refractivity contribution is -0.114. The van der Waals surface area contributed by atoms with Crippen LogP contribution in [-0.2, 0) is 4.79 Å². The standard InChI is InChI=1S/C17H17ClF2N2O3/c1-10-12(18)4-3-5-13(10)22-16(23)9-21-11-6-7-14(24-2)15(8-11)25-17(19)20/h3-8,17,21H,9H2,1-2H3,(H,22,23). The molecule has 2 aromatic rings. The highest BCUT2D eigenvalue weighted by Gasteiger charge is 2.12. The number of hydrogen-bond donors (Lipinski definition) is 2. The van der Waals surface area contributed by atoms with Crippen molar-refractivity contribution in [2.45, 2.75) is 13.5 Å². The molecule has 0 atom stereocenters. The van der Waals surface area contributed by atoms with Crippen molar-refractivity contribution < 1.29 is 23.0 Å². The minimum atomic E-state index is -2.97. The lowest BCUT2D eigenvalue weighted by Gasteiger charge is -2.13. The second-order valence-corrected chi connectivity index (χ2v) is 5.47. The van der Waals surface area contributed by atoms with Gasteiger partial charge in [-0.15, -0.1) is 0 Å². The molecule has 5 nitrogen and oxygen atoms in total. The lowest BCUT2D eigenvalue weighted by Crippen LogP contribution is -2.22. The van der Waals surface area contributed by atoms with E-state index in [1.807, 2.05) is 0 Å². The minimum absolute atomic E-state index is 0.0631. The van der Waals surface area contributed by atoms with Gasteiger partial charge in [0.1, 0.15) is 0 Å². The van der Waals surface area contributed by atoms with E-state index < -0.39 is 6.61 Å². The number of carbonyl (C=O) groups is 1. The number of amides is 1. The smallest absolute Gasteiger partial charge is 0.387 e. The summed E-state index contributed by atoms with van der Waals surface area (Å²) in [5.41, 5.74) is 1.81. The van der Waals surface area contributed by atoms with Crippen LogP contribution in [-0.4, -0.2) is 26.2 Å². The Morgan fingerprint density at radius 2 is 2.00 bits per heavy atom. The third-order valence-corrected chi connectivity index (χ3v) is 3.78. The maximum absolute atomic E-state index is 12.4. The number of methoxy groups -OCH3 is 1. The summed E-state index contributed by atoms with van der Waals surface area (Å²) in [6, 6.07) is 9.60. The van der Waals surface area contributed by atoms with Crippen LogP contribution in [0.1, 0.15) is 5.56 Å². The quantitative estimate of drug-likeness (QED) is 0.762. The summed E-state index contributed by atoms with van der Waals surface area (Å²) in [5, 5.41) is 6.12. The fourth-order valence-corrected chi connectivity index (χ4v) is 2.27. The molecule has 0 saturated heterocycles. The second-order valence-electron chi connectivity index (χ2n) is 5.06. The van der Waals surface area contributed by atoms with E-state index in [1.54, 1.807) is 31.2 Å². The van der Waals surface area contributed by atoms with Gasteiger partial charge in [-0.1, -0.05) is 17.7 Å². The van der Waals surface area contributed by atoms with E-state index in [0.29, 0.717) is 16.4 Å². The van der Waals surface area contributed by atoms with Gasteiger partial charge in [0, 0.05) is 22.5 Å². The van der Waals surface area contributed by atoms with Gasteiger partial charge in [-0.2, -0.15) is 8.78 Å². The summed E-state index contributed by atoms with van der Waals surface area (Å²) >= 11 is 6.00. The van der Waals surface area contributed by atoms with Crippen molar-refractivity contribution in [1.82, 2.24) is 0 Å². The van der Waals surface area contributed by atoms with Crippen molar-refractivity contribution in [2.75, 3.05) is 24.3 Å². The second kappa shape index (κ2) is 8.53. The molecule has 0 heterocycles. The Morgan fingerprint density at radius 3 is 2.68 bits per heavy atom. The molecular weight excluding hydrogens is 354 g/mol. The third-order valence-electron chi connectivity index (χ3n) is 3.37. The van der Waals surface area contributed by atoms with Crippen molar-refractivity contribution in [2.24, 2.45) is 0 Å². The Bertz CT molecular complexity index is 757. The van der Waals surface area contributed by atoms with E-state index in [2.05, 4.69) is 15.4 Å². The third kappa shape index (κ3) is 5.22. The maximum Gasteiger partial charge on any atom is 0.387 e. The summed E-state index contributed by atoms with van der Waals surface area (Å²) in [5.74, 6) is -0.254. The molecule has 2 aromatic carbocycles. The van der Waals surface area contributed by atoms with Crippen LogP contribution in [0.25, 0.3) is 0 Å². The number of carbonyl (C=O) groups excluding carboxylic acids is 1. The SMILES string of the molecule is COc1ccc(NCC(=O)Nc2cccc(Cl)c2C)cc1OC(F)F. The summed E-state index contributed by atoms with van der Waals surface area (Å²) < 4.78 is 34.2. The van der Waals surface area contributed by atoms with Crippen LogP contribution in [0, 0.1) is 6.92 Å². The van der Waals surface area contributed by atoms with Gasteiger partial charge in [0.2, 0.25) is 5.91 Å². The molecule has 0 fully saturated rings. The van der Waals surface area contributed by atoms with Crippen LogP contribution >= 0.6 is 11.6 Å². The average Bonchev–Trinajstić information content (AvgIpc) is 2.57. The first-order chi connectivity index (χ1) is 11.9. The van der Waals surface area contributed by atoms with Gasteiger partial charge in [0.25, 0.3) is 0 Å². The topological polar surface area (TPSA) is 59.6 Å². The van der Waals surface area contributed by atoms with Gasteiger partial charge in [0.05, 0.1) is 13.7 Å². The van der Waals surface area contributed by atoms with E-state index in [9.17, 15) is 13.6 Å². The van der Waals surface area contributed by atoms with E-state index in [0.717, 1.165) is 5.56 Å². The number of nitrogens with one attached hydrogen (secondary N) is 2. The largest absolute Gasteiger partial charge is 0.493 e. The van der Waals surface area contributed by atoms with E-state index in [1.165, 1.54) is 19.2 Å². The highest BCUT2D eigenvalue weighted by Crippen LogP contribution is 2.31. The van der Waals surface area contributed by atoms with Crippen LogP contribution in [0.5, 0.6) is 11.5 Å². The first-order valence-corrected chi connectivity index (χ1v) is 7.70. The van der Waals surface area contributed by atoms with Gasteiger partial charge in [-0.3, -0.25) is 4.79 Å². The molecule has 0 saturated carbocycles. The Balaban J connectivity index is 2.00. The number of anilines is 2. The van der Waals surface area contributed by atoms with Crippen molar-refractivity contribution in [3.63, 3.8) is 0 Å². The molecule has 0 aliphatic heterocycles. The zero-order valence-electron chi connectivity index (χ0n) is 13.6. The van der Waals surface area contributed by atoms with Gasteiger partial charge >= 0.3 is 6.61 Å². The fraction of sp³-hybridized carbons (Fsp3) is 0.235. The molecule has 134 valence electrons. The van der Waals surface area contributed by atoms with Crippen LogP contribution in [0.2, 0.25) is 5.02 Å². The molecule has 1 amide bonds. The van der Waals surface area contributed by atoms with Crippen LogP contribution < -0.4 is 20.1 Å². The molecule has 0 bridgehead atoms. The number of ether oxygens (including phenoxy) is 2. The van der Waals surface area contributed by atoms with Gasteiger partial charge in [-0.25, -0.2) is 0 Å². The average molecular weight is 371 g/mol. The molecular formula is C17H17ClF2N2O3. The highest BCUT2D eigenvalue weighted by atomic mass is 35.5. The predicted octanol–water partition coefficient (Wildman–Crippen LogP) is 4.31. The molecule has 2 N–H and O–H groups in total. The fourth-order valence-electron chi connectivity index (χ4n) is 2.09. The molecule has 2 rings (SSSR count). The first-order valence-electron chi connectivity index (χ1n) is 7.32. The van der Waals surface area contributed by atoms with Crippen molar-refractivity contribution in [3.05, 3.63) is 47.0 Å². The molecule has 25 heavy (non-hydrogen) atoms. The van der Waals surface area contributed by atoms with E-state index in [-0.39, 0.29) is 24.0 Å². The highest BCUT2D eigenvalue weighted by molar-refractivity contribution is 6.31. The molecule has 0 aliphatic rings. The zero-order chi connectivity index (χ0) is 18.4. The summed E-state index contributed by atoms with van der Waals surface area (Å²) in [4.78, 5) is 12.0. The Morgan fingerprint density at radius 1 is 1.24 bits per heavy atom. The molecule has 0 spiro atoms. The zero-order valence-corrected chi connectivity index (χ0v) is 14.4. The molecule has 0 aliphatic carbocycles. The summed E-state index contributed by atoms with van der Waals surface area (Å²) in [7, 11) is 1.35. The van der Waals surface area contributed by atoms with Crippen molar-refractivity contribution >= 4 is 28.9 Å².